The fourth-order valence-corrected chi connectivity index (χ4v) is 3.25. The number of imidazole rings is 1. The summed E-state index contributed by atoms with van der Waals surface area (Å²) in [5.74, 6) is 1.33. The van der Waals surface area contributed by atoms with E-state index in [1.807, 2.05) is 60.7 Å². The van der Waals surface area contributed by atoms with Gasteiger partial charge in [0.2, 0.25) is 0 Å². The molecule has 0 aliphatic carbocycles. The van der Waals surface area contributed by atoms with Crippen molar-refractivity contribution in [3.8, 4) is 11.8 Å². The molecule has 3 aromatic carbocycles. The lowest BCUT2D eigenvalue weighted by Crippen LogP contribution is -1.94. The maximum absolute atomic E-state index is 9.65. The number of ether oxygens (including phenoxy) is 1. The van der Waals surface area contributed by atoms with E-state index in [1.165, 1.54) is 11.1 Å². The van der Waals surface area contributed by atoms with Gasteiger partial charge in [-0.05, 0) is 78.6 Å². The Morgan fingerprint density at radius 3 is 2.47 bits per heavy atom. The molecule has 30 heavy (non-hydrogen) atoms. The number of rotatable bonds is 5. The molecule has 148 valence electrons. The van der Waals surface area contributed by atoms with Crippen molar-refractivity contribution >= 4 is 34.3 Å². The molecule has 1 N–H and O–H groups in total. The molecule has 1 aromatic heterocycles. The highest BCUT2D eigenvalue weighted by Gasteiger charge is 2.09. The van der Waals surface area contributed by atoms with Gasteiger partial charge in [0.05, 0.1) is 16.6 Å². The molecule has 0 saturated heterocycles. The standard InChI is InChI=1S/C25H20ClN3O/c1-16-11-23-24(12-17(16)2)29-25(28-23)20(14-27)13-18-5-9-22(10-6-18)30-15-19-3-7-21(26)8-4-19/h3-13H,15H2,1-2H3,(H,28,29)/b20-13+. The summed E-state index contributed by atoms with van der Waals surface area (Å²) in [5.41, 5.74) is 6.59. The molecular formula is C25H20ClN3O. The van der Waals surface area contributed by atoms with Gasteiger partial charge in [-0.25, -0.2) is 4.98 Å². The van der Waals surface area contributed by atoms with Gasteiger partial charge >= 0.3 is 0 Å². The maximum atomic E-state index is 9.65. The van der Waals surface area contributed by atoms with Crippen LogP contribution in [0.1, 0.15) is 28.1 Å². The average molecular weight is 414 g/mol. The lowest BCUT2D eigenvalue weighted by molar-refractivity contribution is 0.306. The summed E-state index contributed by atoms with van der Waals surface area (Å²) < 4.78 is 5.82. The van der Waals surface area contributed by atoms with Gasteiger partial charge in [-0.3, -0.25) is 0 Å². The number of aryl methyl sites for hydroxylation is 2. The van der Waals surface area contributed by atoms with Gasteiger partial charge in [0.25, 0.3) is 0 Å². The normalized spacial score (nSPS) is 11.5. The van der Waals surface area contributed by atoms with Gasteiger partial charge in [-0.2, -0.15) is 5.26 Å². The van der Waals surface area contributed by atoms with Crippen LogP contribution in [0.25, 0.3) is 22.7 Å². The molecule has 4 aromatic rings. The Balaban J connectivity index is 1.51. The van der Waals surface area contributed by atoms with Crippen molar-refractivity contribution in [1.29, 1.82) is 5.26 Å². The summed E-state index contributed by atoms with van der Waals surface area (Å²) in [6, 6.07) is 21.5. The summed E-state index contributed by atoms with van der Waals surface area (Å²) in [6.45, 7) is 4.58. The molecule has 4 nitrogen and oxygen atoms in total. The number of aromatic amines is 1. The minimum Gasteiger partial charge on any atom is -0.489 e. The van der Waals surface area contributed by atoms with E-state index in [0.29, 0.717) is 23.0 Å². The molecule has 4 rings (SSSR count). The van der Waals surface area contributed by atoms with Crippen LogP contribution >= 0.6 is 11.6 Å². The lowest BCUT2D eigenvalue weighted by atomic mass is 10.1. The van der Waals surface area contributed by atoms with Crippen LogP contribution in [-0.2, 0) is 6.61 Å². The Kier molecular flexibility index (Phi) is 5.56. The van der Waals surface area contributed by atoms with Crippen molar-refractivity contribution in [2.45, 2.75) is 20.5 Å². The molecule has 0 saturated carbocycles. The summed E-state index contributed by atoms with van der Waals surface area (Å²) in [7, 11) is 0. The second kappa shape index (κ2) is 8.44. The van der Waals surface area contributed by atoms with Crippen molar-refractivity contribution < 1.29 is 4.74 Å². The van der Waals surface area contributed by atoms with Crippen molar-refractivity contribution in [2.75, 3.05) is 0 Å². The fraction of sp³-hybridized carbons (Fsp3) is 0.120. The molecule has 0 amide bonds. The largest absolute Gasteiger partial charge is 0.489 e. The van der Waals surface area contributed by atoms with E-state index < -0.39 is 0 Å². The first-order valence-corrected chi connectivity index (χ1v) is 9.96. The summed E-state index contributed by atoms with van der Waals surface area (Å²) in [4.78, 5) is 7.84. The van der Waals surface area contributed by atoms with Crippen LogP contribution in [-0.4, -0.2) is 9.97 Å². The highest BCUT2D eigenvalue weighted by molar-refractivity contribution is 6.30. The number of hydrogen-bond donors (Lipinski definition) is 1. The summed E-state index contributed by atoms with van der Waals surface area (Å²) >= 11 is 5.90. The molecule has 0 aliphatic rings. The third-order valence-electron chi connectivity index (χ3n) is 4.98. The number of aromatic nitrogens is 2. The van der Waals surface area contributed by atoms with Crippen LogP contribution in [0.4, 0.5) is 0 Å². The predicted molar refractivity (Wildman–Crippen MR) is 121 cm³/mol. The van der Waals surface area contributed by atoms with Gasteiger partial charge in [0.15, 0.2) is 0 Å². The van der Waals surface area contributed by atoms with Gasteiger partial charge < -0.3 is 9.72 Å². The van der Waals surface area contributed by atoms with Crippen molar-refractivity contribution in [3.05, 3.63) is 93.8 Å². The second-order valence-electron chi connectivity index (χ2n) is 7.19. The lowest BCUT2D eigenvalue weighted by Gasteiger charge is -2.06. The molecule has 0 fully saturated rings. The third kappa shape index (κ3) is 4.37. The number of allylic oxidation sites excluding steroid dienone is 1. The molecule has 0 aliphatic heterocycles. The number of halogens is 1. The quantitative estimate of drug-likeness (QED) is 0.381. The fourth-order valence-electron chi connectivity index (χ4n) is 3.12. The third-order valence-corrected chi connectivity index (χ3v) is 5.23. The Morgan fingerprint density at radius 2 is 1.77 bits per heavy atom. The Hall–Kier alpha value is -3.55. The first-order chi connectivity index (χ1) is 14.5. The van der Waals surface area contributed by atoms with Gasteiger partial charge in [-0.15, -0.1) is 0 Å². The summed E-state index contributed by atoms with van der Waals surface area (Å²) in [6.07, 6.45) is 1.82. The molecule has 0 spiro atoms. The van der Waals surface area contributed by atoms with E-state index in [4.69, 9.17) is 16.3 Å². The van der Waals surface area contributed by atoms with E-state index in [-0.39, 0.29) is 0 Å². The minimum absolute atomic E-state index is 0.466. The van der Waals surface area contributed by atoms with Gasteiger partial charge in [0.1, 0.15) is 24.3 Å². The van der Waals surface area contributed by atoms with Crippen molar-refractivity contribution in [1.82, 2.24) is 9.97 Å². The number of hydrogen-bond acceptors (Lipinski definition) is 3. The zero-order valence-electron chi connectivity index (χ0n) is 16.7. The van der Waals surface area contributed by atoms with E-state index in [2.05, 4.69) is 36.0 Å². The van der Waals surface area contributed by atoms with Crippen LogP contribution < -0.4 is 4.74 Å². The zero-order valence-corrected chi connectivity index (χ0v) is 17.5. The van der Waals surface area contributed by atoms with Crippen LogP contribution in [0.3, 0.4) is 0 Å². The Labute approximate surface area is 180 Å². The van der Waals surface area contributed by atoms with Gasteiger partial charge in [0, 0.05) is 5.02 Å². The SMILES string of the molecule is Cc1cc2nc(/C(C#N)=C/c3ccc(OCc4ccc(Cl)cc4)cc3)[nH]c2cc1C. The molecule has 0 bridgehead atoms. The molecule has 5 heteroatoms. The van der Waals surface area contributed by atoms with Crippen molar-refractivity contribution in [2.24, 2.45) is 0 Å². The zero-order chi connectivity index (χ0) is 21.1. The second-order valence-corrected chi connectivity index (χ2v) is 7.63. The molecule has 0 radical (unpaired) electrons. The number of nitrogens with one attached hydrogen (secondary N) is 1. The topological polar surface area (TPSA) is 61.7 Å². The first kappa shape index (κ1) is 19.8. The highest BCUT2D eigenvalue weighted by Crippen LogP contribution is 2.23. The minimum atomic E-state index is 0.466. The first-order valence-electron chi connectivity index (χ1n) is 9.58. The molecule has 0 atom stereocenters. The average Bonchev–Trinajstić information content (AvgIpc) is 3.15. The molecular weight excluding hydrogens is 394 g/mol. The van der Waals surface area contributed by atoms with Crippen molar-refractivity contribution in [3.63, 3.8) is 0 Å². The number of fused-ring (bicyclic) bond motifs is 1. The van der Waals surface area contributed by atoms with E-state index in [9.17, 15) is 5.26 Å². The van der Waals surface area contributed by atoms with Gasteiger partial charge in [-0.1, -0.05) is 35.9 Å². The predicted octanol–water partition coefficient (Wildman–Crippen LogP) is 6.48. The highest BCUT2D eigenvalue weighted by atomic mass is 35.5. The number of benzene rings is 3. The summed E-state index contributed by atoms with van der Waals surface area (Å²) in [5, 5.41) is 10.4. The molecule has 0 unspecified atom stereocenters. The van der Waals surface area contributed by atoms with Crippen LogP contribution in [0.15, 0.2) is 60.7 Å². The maximum Gasteiger partial charge on any atom is 0.149 e. The van der Waals surface area contributed by atoms with Crippen LogP contribution in [0.2, 0.25) is 5.02 Å². The number of H-pyrrole nitrogens is 1. The van der Waals surface area contributed by atoms with Crippen LogP contribution in [0.5, 0.6) is 5.75 Å². The monoisotopic (exact) mass is 413 g/mol. The van der Waals surface area contributed by atoms with E-state index >= 15 is 0 Å². The Morgan fingerprint density at radius 1 is 1.07 bits per heavy atom. The van der Waals surface area contributed by atoms with E-state index in [1.54, 1.807) is 0 Å². The Bertz CT molecular complexity index is 1220. The smallest absolute Gasteiger partial charge is 0.149 e. The van der Waals surface area contributed by atoms with E-state index in [0.717, 1.165) is 27.9 Å². The molecule has 1 heterocycles. The number of nitriles is 1. The number of nitrogens with zero attached hydrogens (tertiary/aromatic N) is 2. The van der Waals surface area contributed by atoms with Crippen LogP contribution in [0, 0.1) is 25.2 Å².